The Balaban J connectivity index is 2.40. The Labute approximate surface area is 106 Å². The van der Waals surface area contributed by atoms with E-state index in [0.717, 1.165) is 12.8 Å². The van der Waals surface area contributed by atoms with Gasteiger partial charge in [0.2, 0.25) is 5.91 Å². The summed E-state index contributed by atoms with van der Waals surface area (Å²) in [6.45, 7) is 4.74. The maximum Gasteiger partial charge on any atom is 0.324 e. The van der Waals surface area contributed by atoms with Gasteiger partial charge < -0.3 is 10.0 Å². The van der Waals surface area contributed by atoms with Gasteiger partial charge in [-0.15, -0.1) is 0 Å². The van der Waals surface area contributed by atoms with E-state index in [9.17, 15) is 14.4 Å². The lowest BCUT2D eigenvalue weighted by atomic mass is 9.94. The molecular weight excluding hydrogens is 236 g/mol. The van der Waals surface area contributed by atoms with Crippen molar-refractivity contribution in [2.75, 3.05) is 6.54 Å². The van der Waals surface area contributed by atoms with Gasteiger partial charge in [-0.2, -0.15) is 0 Å². The van der Waals surface area contributed by atoms with E-state index in [2.05, 4.69) is 12.2 Å². The molecule has 2 unspecified atom stereocenters. The van der Waals surface area contributed by atoms with Gasteiger partial charge in [0, 0.05) is 19.0 Å². The van der Waals surface area contributed by atoms with E-state index in [1.54, 1.807) is 4.90 Å². The Morgan fingerprint density at radius 2 is 1.94 bits per heavy atom. The molecule has 1 aliphatic heterocycles. The Morgan fingerprint density at radius 1 is 1.28 bits per heavy atom. The van der Waals surface area contributed by atoms with Gasteiger partial charge in [-0.3, -0.25) is 14.9 Å². The molecule has 0 aromatic carbocycles. The van der Waals surface area contributed by atoms with Gasteiger partial charge in [-0.05, 0) is 25.7 Å². The van der Waals surface area contributed by atoms with Crippen LogP contribution in [0.2, 0.25) is 0 Å². The summed E-state index contributed by atoms with van der Waals surface area (Å²) >= 11 is 0. The van der Waals surface area contributed by atoms with E-state index in [-0.39, 0.29) is 18.9 Å². The molecule has 1 saturated heterocycles. The quantitative estimate of drug-likeness (QED) is 0.794. The zero-order chi connectivity index (χ0) is 13.7. The van der Waals surface area contributed by atoms with Crippen LogP contribution in [0.1, 0.15) is 39.5 Å². The minimum atomic E-state index is -1.04. The summed E-state index contributed by atoms with van der Waals surface area (Å²) in [5, 5.41) is 10.7. The molecule has 0 aliphatic carbocycles. The number of hydrogen-bond acceptors (Lipinski definition) is 3. The number of nitrogens with zero attached hydrogens (tertiary/aromatic N) is 1. The zero-order valence-corrected chi connectivity index (χ0v) is 10.8. The van der Waals surface area contributed by atoms with E-state index >= 15 is 0 Å². The highest BCUT2D eigenvalue weighted by molar-refractivity contribution is 5.95. The topological polar surface area (TPSA) is 86.7 Å². The second kappa shape index (κ2) is 6.37. The first kappa shape index (κ1) is 14.5. The van der Waals surface area contributed by atoms with Crippen molar-refractivity contribution in [3.8, 4) is 0 Å². The standard InChI is InChI=1S/C12H20N2O4/c1-8-5-6-14(9(2)7-8)12(18)13-10(15)3-4-11(16)17/h8-9H,3-7H2,1-2H3,(H,16,17)(H,13,15,18). The van der Waals surface area contributed by atoms with Crippen molar-refractivity contribution in [3.63, 3.8) is 0 Å². The fourth-order valence-corrected chi connectivity index (χ4v) is 2.18. The average Bonchev–Trinajstić information content (AvgIpc) is 2.26. The molecule has 0 saturated carbocycles. The molecule has 0 aromatic rings. The van der Waals surface area contributed by atoms with Crippen LogP contribution in [0, 0.1) is 5.92 Å². The highest BCUT2D eigenvalue weighted by Crippen LogP contribution is 2.21. The number of carboxylic acid groups (broad SMARTS) is 1. The van der Waals surface area contributed by atoms with Gasteiger partial charge in [0.25, 0.3) is 0 Å². The van der Waals surface area contributed by atoms with Crippen molar-refractivity contribution in [2.45, 2.75) is 45.6 Å². The number of carbonyl (C=O) groups excluding carboxylic acids is 2. The number of carbonyl (C=O) groups is 3. The summed E-state index contributed by atoms with van der Waals surface area (Å²) in [7, 11) is 0. The highest BCUT2D eigenvalue weighted by Gasteiger charge is 2.27. The number of piperidine rings is 1. The predicted molar refractivity (Wildman–Crippen MR) is 65.0 cm³/mol. The van der Waals surface area contributed by atoms with Crippen molar-refractivity contribution in [2.24, 2.45) is 5.92 Å². The predicted octanol–water partition coefficient (Wildman–Crippen LogP) is 1.21. The van der Waals surface area contributed by atoms with Gasteiger partial charge in [-0.1, -0.05) is 6.92 Å². The molecule has 2 N–H and O–H groups in total. The number of aliphatic carboxylic acids is 1. The molecule has 0 spiro atoms. The monoisotopic (exact) mass is 256 g/mol. The van der Waals surface area contributed by atoms with Gasteiger partial charge in [0.05, 0.1) is 6.42 Å². The molecule has 6 nitrogen and oxygen atoms in total. The van der Waals surface area contributed by atoms with Crippen molar-refractivity contribution >= 4 is 17.9 Å². The minimum absolute atomic E-state index is 0.112. The average molecular weight is 256 g/mol. The molecule has 1 fully saturated rings. The van der Waals surface area contributed by atoms with Crippen molar-refractivity contribution in [1.29, 1.82) is 0 Å². The summed E-state index contributed by atoms with van der Waals surface area (Å²) in [6, 6.07) is -0.300. The molecule has 3 amide bonds. The normalized spacial score (nSPS) is 23.6. The smallest absolute Gasteiger partial charge is 0.324 e. The van der Waals surface area contributed by atoms with Crippen molar-refractivity contribution in [1.82, 2.24) is 10.2 Å². The summed E-state index contributed by atoms with van der Waals surface area (Å²) < 4.78 is 0. The molecular formula is C12H20N2O4. The van der Waals surface area contributed by atoms with Gasteiger partial charge in [0.15, 0.2) is 0 Å². The number of hydrogen-bond donors (Lipinski definition) is 2. The number of carboxylic acids is 1. The number of imide groups is 1. The first-order valence-corrected chi connectivity index (χ1v) is 6.22. The molecule has 6 heteroatoms. The van der Waals surface area contributed by atoms with Crippen LogP contribution < -0.4 is 5.32 Å². The SMILES string of the molecule is CC1CCN(C(=O)NC(=O)CCC(=O)O)C(C)C1. The number of nitrogens with one attached hydrogen (secondary N) is 1. The third kappa shape index (κ3) is 4.35. The van der Waals surface area contributed by atoms with Crippen LogP contribution in [0.3, 0.4) is 0 Å². The van der Waals surface area contributed by atoms with Crippen LogP contribution in [-0.2, 0) is 9.59 Å². The summed E-state index contributed by atoms with van der Waals surface area (Å²) in [5.41, 5.74) is 0. The van der Waals surface area contributed by atoms with Crippen LogP contribution in [0.4, 0.5) is 4.79 Å². The van der Waals surface area contributed by atoms with E-state index in [1.165, 1.54) is 0 Å². The van der Waals surface area contributed by atoms with Crippen LogP contribution >= 0.6 is 0 Å². The van der Waals surface area contributed by atoms with Crippen molar-refractivity contribution < 1.29 is 19.5 Å². The Morgan fingerprint density at radius 3 is 2.50 bits per heavy atom. The van der Waals surface area contributed by atoms with E-state index in [0.29, 0.717) is 12.5 Å². The van der Waals surface area contributed by atoms with Crippen LogP contribution in [-0.4, -0.2) is 40.5 Å². The van der Waals surface area contributed by atoms with E-state index in [4.69, 9.17) is 5.11 Å². The van der Waals surface area contributed by atoms with Crippen molar-refractivity contribution in [3.05, 3.63) is 0 Å². The molecule has 1 heterocycles. The Kier molecular flexibility index (Phi) is 5.12. The fourth-order valence-electron chi connectivity index (χ4n) is 2.18. The summed E-state index contributed by atoms with van der Waals surface area (Å²) in [6.07, 6.45) is 1.43. The van der Waals surface area contributed by atoms with Gasteiger partial charge in [0.1, 0.15) is 0 Å². The lowest BCUT2D eigenvalue weighted by Crippen LogP contribution is -2.50. The molecule has 0 bridgehead atoms. The molecule has 18 heavy (non-hydrogen) atoms. The Hall–Kier alpha value is -1.59. The Bertz CT molecular complexity index is 343. The molecule has 0 aromatic heterocycles. The minimum Gasteiger partial charge on any atom is -0.481 e. The third-order valence-corrected chi connectivity index (χ3v) is 3.21. The molecule has 1 aliphatic rings. The molecule has 0 radical (unpaired) electrons. The molecule has 2 atom stereocenters. The molecule has 102 valence electrons. The van der Waals surface area contributed by atoms with Crippen LogP contribution in [0.5, 0.6) is 0 Å². The highest BCUT2D eigenvalue weighted by atomic mass is 16.4. The number of amides is 3. The first-order valence-electron chi connectivity index (χ1n) is 6.22. The third-order valence-electron chi connectivity index (χ3n) is 3.21. The zero-order valence-electron chi connectivity index (χ0n) is 10.8. The van der Waals surface area contributed by atoms with Crippen LogP contribution in [0.25, 0.3) is 0 Å². The number of urea groups is 1. The second-order valence-electron chi connectivity index (χ2n) is 4.92. The molecule has 1 rings (SSSR count). The van der Waals surface area contributed by atoms with E-state index < -0.39 is 17.9 Å². The second-order valence-corrected chi connectivity index (χ2v) is 4.92. The fraction of sp³-hybridized carbons (Fsp3) is 0.750. The largest absolute Gasteiger partial charge is 0.481 e. The maximum atomic E-state index is 11.8. The van der Waals surface area contributed by atoms with Gasteiger partial charge in [-0.25, -0.2) is 4.79 Å². The number of rotatable bonds is 3. The summed E-state index contributed by atoms with van der Waals surface area (Å²) in [5.74, 6) is -0.988. The van der Waals surface area contributed by atoms with E-state index in [1.807, 2.05) is 6.92 Å². The summed E-state index contributed by atoms with van der Waals surface area (Å²) in [4.78, 5) is 35.1. The first-order chi connectivity index (χ1) is 8.40. The lowest BCUT2D eigenvalue weighted by Gasteiger charge is -2.36. The van der Waals surface area contributed by atoms with Gasteiger partial charge >= 0.3 is 12.0 Å². The van der Waals surface area contributed by atoms with Crippen LogP contribution in [0.15, 0.2) is 0 Å². The number of likely N-dealkylation sites (tertiary alicyclic amines) is 1. The maximum absolute atomic E-state index is 11.8. The lowest BCUT2D eigenvalue weighted by molar-refractivity contribution is -0.138.